The first kappa shape index (κ1) is 30.5. The van der Waals surface area contributed by atoms with Crippen molar-refractivity contribution in [1.29, 1.82) is 0 Å². The smallest absolute Gasteiger partial charge is 0.550 e. The van der Waals surface area contributed by atoms with E-state index in [1.807, 2.05) is 0 Å². The van der Waals surface area contributed by atoms with Crippen LogP contribution in [0.3, 0.4) is 0 Å². The number of carboxylic acid groups (broad SMARTS) is 2. The van der Waals surface area contributed by atoms with Gasteiger partial charge in [-0.2, -0.15) is 0 Å². The van der Waals surface area contributed by atoms with Crippen LogP contribution in [-0.4, -0.2) is 61.7 Å². The van der Waals surface area contributed by atoms with E-state index in [9.17, 15) is 0 Å². The van der Waals surface area contributed by atoms with Crippen LogP contribution in [0.1, 0.15) is 20.3 Å². The third-order valence-corrected chi connectivity index (χ3v) is 4.92. The second-order valence-electron chi connectivity index (χ2n) is 3.92. The molecule has 134 valence electrons. The van der Waals surface area contributed by atoms with Crippen molar-refractivity contribution in [3.8, 4) is 0 Å². The summed E-state index contributed by atoms with van der Waals surface area (Å²) in [7, 11) is 2.55. The first-order valence-electron chi connectivity index (χ1n) is 6.62. The molecule has 0 aliphatic rings. The number of hydrogen-bond acceptors (Lipinski definition) is 9. The molecule has 0 saturated carbocycles. The number of nitrogens with two attached hydrogens (primary N) is 1. The SMILES string of the molecule is CC(=O)[O-].CC(=O)[O-].CO[Si](CCCNCCN)(OC)OC.[Zn+2]. The molecule has 11 heteroatoms. The van der Waals surface area contributed by atoms with Gasteiger partial charge >= 0.3 is 28.3 Å². The van der Waals surface area contributed by atoms with Crippen molar-refractivity contribution in [3.63, 3.8) is 0 Å². The minimum Gasteiger partial charge on any atom is -0.550 e. The van der Waals surface area contributed by atoms with Crippen LogP contribution in [0.5, 0.6) is 0 Å². The molecule has 23 heavy (non-hydrogen) atoms. The van der Waals surface area contributed by atoms with E-state index in [1.54, 1.807) is 21.3 Å². The van der Waals surface area contributed by atoms with Gasteiger partial charge < -0.3 is 44.1 Å². The summed E-state index contributed by atoms with van der Waals surface area (Å²) in [5.41, 5.74) is 5.35. The summed E-state index contributed by atoms with van der Waals surface area (Å²) in [6.45, 7) is 4.38. The number of carboxylic acids is 2. The average molecular weight is 406 g/mol. The fourth-order valence-electron chi connectivity index (χ4n) is 1.21. The first-order valence-corrected chi connectivity index (χ1v) is 8.55. The summed E-state index contributed by atoms with van der Waals surface area (Å²) in [4.78, 5) is 17.8. The van der Waals surface area contributed by atoms with Crippen molar-refractivity contribution in [2.24, 2.45) is 5.73 Å². The van der Waals surface area contributed by atoms with Crippen LogP contribution in [0.4, 0.5) is 0 Å². The third-order valence-electron chi connectivity index (χ3n) is 2.09. The molecule has 0 fully saturated rings. The molecular formula is C12H28N2O7SiZn. The second-order valence-corrected chi connectivity index (χ2v) is 7.01. The maximum absolute atomic E-state index is 8.89. The Morgan fingerprint density at radius 1 is 1.00 bits per heavy atom. The monoisotopic (exact) mass is 404 g/mol. The van der Waals surface area contributed by atoms with Gasteiger partial charge in [-0.3, -0.25) is 0 Å². The number of nitrogens with one attached hydrogen (secondary N) is 1. The zero-order valence-corrected chi connectivity index (χ0v) is 18.6. The van der Waals surface area contributed by atoms with Crippen LogP contribution in [0, 0.1) is 0 Å². The number of carbonyl (C=O) groups is 2. The molecule has 0 aromatic carbocycles. The molecule has 0 aliphatic heterocycles. The largest absolute Gasteiger partial charge is 2.00 e. The normalized spacial score (nSPS) is 9.48. The Balaban J connectivity index is -0.000000167. The number of hydrogen-bond donors (Lipinski definition) is 2. The Morgan fingerprint density at radius 3 is 1.61 bits per heavy atom. The van der Waals surface area contributed by atoms with Gasteiger partial charge in [-0.05, 0) is 26.8 Å². The van der Waals surface area contributed by atoms with Crippen molar-refractivity contribution < 1.29 is 52.6 Å². The van der Waals surface area contributed by atoms with Gasteiger partial charge in [0.15, 0.2) is 0 Å². The maximum atomic E-state index is 8.89. The maximum Gasteiger partial charge on any atom is 2.00 e. The Hall–Kier alpha value is -0.420. The van der Waals surface area contributed by atoms with Crippen molar-refractivity contribution >= 4 is 20.7 Å². The average Bonchev–Trinajstić information content (AvgIpc) is 2.42. The van der Waals surface area contributed by atoms with E-state index >= 15 is 0 Å². The standard InChI is InChI=1S/C8H22N2O3Si.2C2H4O2.Zn/c1-11-14(12-2,13-3)8-4-6-10-7-5-9;2*1-2(3)4;/h10H,4-9H2,1-3H3;2*1H3,(H,3,4);/q;;;+2/p-2. The van der Waals surface area contributed by atoms with Crippen LogP contribution in [-0.2, 0) is 42.3 Å². The molecule has 0 amide bonds. The zero-order valence-electron chi connectivity index (χ0n) is 14.7. The molecule has 0 saturated heterocycles. The fourth-order valence-corrected chi connectivity index (χ4v) is 2.94. The van der Waals surface area contributed by atoms with E-state index in [-0.39, 0.29) is 19.5 Å². The molecule has 0 aliphatic carbocycles. The van der Waals surface area contributed by atoms with Gasteiger partial charge in [-0.1, -0.05) is 0 Å². The van der Waals surface area contributed by atoms with Crippen LogP contribution in [0.2, 0.25) is 6.04 Å². The molecule has 0 spiro atoms. The molecule has 0 aromatic rings. The van der Waals surface area contributed by atoms with E-state index in [1.165, 1.54) is 0 Å². The van der Waals surface area contributed by atoms with Crippen LogP contribution < -0.4 is 21.3 Å². The fraction of sp³-hybridized carbons (Fsp3) is 0.833. The van der Waals surface area contributed by atoms with Crippen molar-refractivity contribution in [2.45, 2.75) is 26.3 Å². The summed E-state index contributed by atoms with van der Waals surface area (Å²) in [6, 6.07) is 0.827. The molecule has 0 rings (SSSR count). The third kappa shape index (κ3) is 30.1. The molecule has 0 aromatic heterocycles. The summed E-state index contributed by atoms with van der Waals surface area (Å²) >= 11 is 0. The minimum atomic E-state index is -2.35. The Bertz CT molecular complexity index is 254. The quantitative estimate of drug-likeness (QED) is 0.309. The summed E-state index contributed by atoms with van der Waals surface area (Å²) in [5, 5.41) is 21.0. The first-order chi connectivity index (χ1) is 10.2. The molecule has 3 N–H and O–H groups in total. The van der Waals surface area contributed by atoms with Gasteiger partial charge in [-0.25, -0.2) is 0 Å². The topological polar surface area (TPSA) is 146 Å². The van der Waals surface area contributed by atoms with E-state index in [0.717, 1.165) is 39.4 Å². The molecule has 0 radical (unpaired) electrons. The van der Waals surface area contributed by atoms with Crippen molar-refractivity contribution in [1.82, 2.24) is 5.32 Å². The number of carbonyl (C=O) groups excluding carboxylic acids is 2. The Morgan fingerprint density at radius 2 is 1.35 bits per heavy atom. The van der Waals surface area contributed by atoms with Crippen LogP contribution in [0.15, 0.2) is 0 Å². The molecule has 0 atom stereocenters. The molecular weight excluding hydrogens is 378 g/mol. The Kier molecular flexibility index (Phi) is 28.6. The second kappa shape index (κ2) is 21.6. The van der Waals surface area contributed by atoms with E-state index in [2.05, 4.69) is 5.32 Å². The van der Waals surface area contributed by atoms with Crippen LogP contribution in [0.25, 0.3) is 0 Å². The molecule has 0 bridgehead atoms. The van der Waals surface area contributed by atoms with Gasteiger partial charge in [0.25, 0.3) is 0 Å². The van der Waals surface area contributed by atoms with Crippen molar-refractivity contribution in [3.05, 3.63) is 0 Å². The summed E-state index contributed by atoms with van der Waals surface area (Å²) in [6.07, 6.45) is 0.974. The van der Waals surface area contributed by atoms with Crippen molar-refractivity contribution in [2.75, 3.05) is 41.0 Å². The van der Waals surface area contributed by atoms with E-state index in [0.29, 0.717) is 6.54 Å². The van der Waals surface area contributed by atoms with Gasteiger partial charge in [-0.15, -0.1) is 0 Å². The van der Waals surface area contributed by atoms with Gasteiger partial charge in [0.1, 0.15) is 0 Å². The summed E-state index contributed by atoms with van der Waals surface area (Å²) in [5.74, 6) is -2.17. The summed E-state index contributed by atoms with van der Waals surface area (Å²) < 4.78 is 15.9. The minimum absolute atomic E-state index is 0. The number of rotatable bonds is 9. The van der Waals surface area contributed by atoms with Gasteiger partial charge in [0, 0.05) is 52.4 Å². The molecule has 9 nitrogen and oxygen atoms in total. The van der Waals surface area contributed by atoms with Crippen LogP contribution >= 0.6 is 0 Å². The van der Waals surface area contributed by atoms with Gasteiger partial charge in [0.05, 0.1) is 0 Å². The van der Waals surface area contributed by atoms with E-state index < -0.39 is 20.7 Å². The predicted octanol–water partition coefficient (Wildman–Crippen LogP) is -2.69. The predicted molar refractivity (Wildman–Crippen MR) is 79.5 cm³/mol. The number of aliphatic carboxylic acids is 2. The zero-order chi connectivity index (χ0) is 18.0. The molecule has 0 heterocycles. The van der Waals surface area contributed by atoms with Gasteiger partial charge in [0.2, 0.25) is 0 Å². The Labute approximate surface area is 152 Å². The molecule has 0 unspecified atom stereocenters. The van der Waals surface area contributed by atoms with E-state index in [4.69, 9.17) is 38.8 Å².